The third-order valence-electron chi connectivity index (χ3n) is 4.86. The first-order chi connectivity index (χ1) is 12.3. The number of pyridine rings is 1. The summed E-state index contributed by atoms with van der Waals surface area (Å²) in [5.74, 6) is 0.458. The molecule has 4 rings (SSSR count). The lowest BCUT2D eigenvalue weighted by Crippen LogP contribution is -2.42. The SMILES string of the molecule is Fc1cccnc1C1(CNc2ccc(-c3cc[c]cc3)nn2)CCC1. The van der Waals surface area contributed by atoms with Crippen molar-refractivity contribution >= 4 is 5.82 Å². The van der Waals surface area contributed by atoms with Crippen LogP contribution in [-0.2, 0) is 5.41 Å². The molecule has 3 aromatic rings. The molecule has 5 heteroatoms. The number of rotatable bonds is 5. The lowest BCUT2D eigenvalue weighted by molar-refractivity contribution is 0.243. The first kappa shape index (κ1) is 15.7. The molecule has 2 heterocycles. The highest BCUT2D eigenvalue weighted by Gasteiger charge is 2.41. The van der Waals surface area contributed by atoms with Crippen molar-refractivity contribution in [2.75, 3.05) is 11.9 Å². The van der Waals surface area contributed by atoms with Crippen molar-refractivity contribution in [3.05, 3.63) is 72.3 Å². The van der Waals surface area contributed by atoms with Crippen LogP contribution in [0.3, 0.4) is 0 Å². The largest absolute Gasteiger partial charge is 0.368 e. The van der Waals surface area contributed by atoms with Gasteiger partial charge in [0.25, 0.3) is 0 Å². The molecule has 1 aliphatic rings. The predicted molar refractivity (Wildman–Crippen MR) is 94.5 cm³/mol. The van der Waals surface area contributed by atoms with Gasteiger partial charge in [-0.3, -0.25) is 4.98 Å². The van der Waals surface area contributed by atoms with Crippen LogP contribution >= 0.6 is 0 Å². The van der Waals surface area contributed by atoms with Gasteiger partial charge in [0.15, 0.2) is 0 Å². The molecule has 1 saturated carbocycles. The van der Waals surface area contributed by atoms with Crippen LogP contribution < -0.4 is 5.32 Å². The van der Waals surface area contributed by atoms with Crippen molar-refractivity contribution in [2.45, 2.75) is 24.7 Å². The Balaban J connectivity index is 1.48. The maximum Gasteiger partial charge on any atom is 0.148 e. The molecule has 25 heavy (non-hydrogen) atoms. The number of hydrogen-bond acceptors (Lipinski definition) is 4. The van der Waals surface area contributed by atoms with E-state index in [2.05, 4.69) is 26.6 Å². The van der Waals surface area contributed by atoms with Crippen LogP contribution in [0.25, 0.3) is 11.3 Å². The second-order valence-corrected chi connectivity index (χ2v) is 6.41. The third-order valence-corrected chi connectivity index (χ3v) is 4.86. The highest BCUT2D eigenvalue weighted by Crippen LogP contribution is 2.43. The molecule has 0 amide bonds. The molecule has 0 unspecified atom stereocenters. The van der Waals surface area contributed by atoms with Crippen molar-refractivity contribution < 1.29 is 4.39 Å². The van der Waals surface area contributed by atoms with E-state index in [0.29, 0.717) is 18.1 Å². The van der Waals surface area contributed by atoms with Crippen LogP contribution in [0.1, 0.15) is 25.0 Å². The van der Waals surface area contributed by atoms with Gasteiger partial charge in [-0.25, -0.2) is 4.39 Å². The van der Waals surface area contributed by atoms with Crippen LogP contribution in [0.5, 0.6) is 0 Å². The van der Waals surface area contributed by atoms with E-state index in [9.17, 15) is 4.39 Å². The second-order valence-electron chi connectivity index (χ2n) is 6.41. The summed E-state index contributed by atoms with van der Waals surface area (Å²) in [7, 11) is 0. The van der Waals surface area contributed by atoms with Crippen LogP contribution in [-0.4, -0.2) is 21.7 Å². The van der Waals surface area contributed by atoms with Crippen molar-refractivity contribution in [1.82, 2.24) is 15.2 Å². The smallest absolute Gasteiger partial charge is 0.148 e. The maximum atomic E-state index is 14.2. The molecule has 1 aliphatic carbocycles. The monoisotopic (exact) mass is 333 g/mol. The molecule has 0 spiro atoms. The van der Waals surface area contributed by atoms with E-state index in [1.165, 1.54) is 6.07 Å². The maximum absolute atomic E-state index is 14.2. The lowest BCUT2D eigenvalue weighted by Gasteiger charge is -2.41. The Morgan fingerprint density at radius 3 is 2.56 bits per heavy atom. The highest BCUT2D eigenvalue weighted by molar-refractivity contribution is 5.59. The Bertz CT molecular complexity index is 845. The van der Waals surface area contributed by atoms with Crippen molar-refractivity contribution in [3.63, 3.8) is 0 Å². The summed E-state index contributed by atoms with van der Waals surface area (Å²) in [4.78, 5) is 4.28. The van der Waals surface area contributed by atoms with Crippen molar-refractivity contribution in [1.29, 1.82) is 0 Å². The van der Waals surface area contributed by atoms with E-state index in [1.54, 1.807) is 12.3 Å². The number of hydrogen-bond donors (Lipinski definition) is 1. The molecule has 1 radical (unpaired) electrons. The summed E-state index contributed by atoms with van der Waals surface area (Å²) in [6.45, 7) is 0.606. The van der Waals surface area contributed by atoms with Gasteiger partial charge < -0.3 is 5.32 Å². The quantitative estimate of drug-likeness (QED) is 0.766. The summed E-state index contributed by atoms with van der Waals surface area (Å²) in [5, 5.41) is 11.8. The van der Waals surface area contributed by atoms with Gasteiger partial charge in [0.2, 0.25) is 0 Å². The van der Waals surface area contributed by atoms with Gasteiger partial charge in [-0.1, -0.05) is 30.7 Å². The molecule has 0 aliphatic heterocycles. The molecule has 4 nitrogen and oxygen atoms in total. The first-order valence-corrected chi connectivity index (χ1v) is 8.42. The van der Waals surface area contributed by atoms with Gasteiger partial charge in [-0.2, -0.15) is 0 Å². The minimum absolute atomic E-state index is 0.230. The molecule has 0 atom stereocenters. The molecule has 1 aromatic carbocycles. The Morgan fingerprint density at radius 2 is 1.92 bits per heavy atom. The molecule has 2 aromatic heterocycles. The number of nitrogens with zero attached hydrogens (tertiary/aromatic N) is 3. The summed E-state index contributed by atoms with van der Waals surface area (Å²) < 4.78 is 14.2. The Morgan fingerprint density at radius 1 is 1.08 bits per heavy atom. The van der Waals surface area contributed by atoms with E-state index in [0.717, 1.165) is 30.5 Å². The number of halogens is 1. The molecule has 125 valence electrons. The van der Waals surface area contributed by atoms with E-state index >= 15 is 0 Å². The van der Waals surface area contributed by atoms with Gasteiger partial charge in [-0.15, -0.1) is 10.2 Å². The van der Waals surface area contributed by atoms with Crippen molar-refractivity contribution in [2.24, 2.45) is 0 Å². The van der Waals surface area contributed by atoms with Crippen LogP contribution in [0.4, 0.5) is 10.2 Å². The summed E-state index contributed by atoms with van der Waals surface area (Å²) in [5.41, 5.74) is 2.12. The Labute approximate surface area is 146 Å². The minimum Gasteiger partial charge on any atom is -0.368 e. The second kappa shape index (κ2) is 6.59. The number of anilines is 1. The Hall–Kier alpha value is -2.82. The van der Waals surface area contributed by atoms with Gasteiger partial charge >= 0.3 is 0 Å². The molecule has 0 saturated heterocycles. The van der Waals surface area contributed by atoms with Crippen LogP contribution in [0, 0.1) is 11.9 Å². The highest BCUT2D eigenvalue weighted by atomic mass is 19.1. The zero-order chi connectivity index (χ0) is 17.1. The zero-order valence-corrected chi connectivity index (χ0v) is 13.7. The number of nitrogens with one attached hydrogen (secondary N) is 1. The average Bonchev–Trinajstić information content (AvgIpc) is 2.63. The topological polar surface area (TPSA) is 50.7 Å². The predicted octanol–water partition coefficient (Wildman–Crippen LogP) is 4.01. The fourth-order valence-corrected chi connectivity index (χ4v) is 3.27. The first-order valence-electron chi connectivity index (χ1n) is 8.42. The molecule has 1 N–H and O–H groups in total. The number of benzene rings is 1. The molecular weight excluding hydrogens is 315 g/mol. The van der Waals surface area contributed by atoms with Gasteiger partial charge in [0, 0.05) is 23.7 Å². The van der Waals surface area contributed by atoms with Gasteiger partial charge in [-0.05, 0) is 43.2 Å². The fraction of sp³-hybridized carbons (Fsp3) is 0.250. The average molecular weight is 333 g/mol. The summed E-state index contributed by atoms with van der Waals surface area (Å²) in [6, 6.07) is 17.5. The van der Waals surface area contributed by atoms with Crippen LogP contribution in [0.15, 0.2) is 54.7 Å². The summed E-state index contributed by atoms with van der Waals surface area (Å²) >= 11 is 0. The van der Waals surface area contributed by atoms with Gasteiger partial charge in [0.1, 0.15) is 11.6 Å². The standard InChI is InChI=1S/C20H18FN4/c21-16-8-4-13-22-19(16)20(11-5-12-20)14-23-18-10-9-17(24-25-18)15-6-2-1-3-7-15/h2-4,6-10,13H,5,11-12,14H2,(H,23,25). The Kier molecular flexibility index (Phi) is 4.14. The molecule has 0 bridgehead atoms. The third kappa shape index (κ3) is 3.09. The van der Waals surface area contributed by atoms with Gasteiger partial charge in [0.05, 0.1) is 11.4 Å². The minimum atomic E-state index is -0.249. The van der Waals surface area contributed by atoms with E-state index in [1.807, 2.05) is 36.4 Å². The van der Waals surface area contributed by atoms with E-state index < -0.39 is 0 Å². The number of aromatic nitrogens is 3. The fourth-order valence-electron chi connectivity index (χ4n) is 3.27. The summed E-state index contributed by atoms with van der Waals surface area (Å²) in [6.07, 6.45) is 4.61. The van der Waals surface area contributed by atoms with Crippen molar-refractivity contribution in [3.8, 4) is 11.3 Å². The van der Waals surface area contributed by atoms with E-state index in [4.69, 9.17) is 0 Å². The molecule has 1 fully saturated rings. The lowest BCUT2D eigenvalue weighted by atomic mass is 9.66. The zero-order valence-electron chi connectivity index (χ0n) is 13.7. The van der Waals surface area contributed by atoms with Crippen LogP contribution in [0.2, 0.25) is 0 Å². The molecular formula is C20H18FN4. The van der Waals surface area contributed by atoms with E-state index in [-0.39, 0.29) is 11.2 Å². The normalized spacial score (nSPS) is 15.4.